The van der Waals surface area contributed by atoms with Crippen molar-refractivity contribution in [3.8, 4) is 23.0 Å². The van der Waals surface area contributed by atoms with E-state index in [0.29, 0.717) is 11.1 Å². The van der Waals surface area contributed by atoms with Crippen LogP contribution in [0.3, 0.4) is 0 Å². The maximum Gasteiger partial charge on any atom is 0.331 e. The lowest BCUT2D eigenvalue weighted by atomic mass is 9.98. The average molecular weight is 811 g/mol. The molecule has 4 rings (SSSR count). The zero-order chi connectivity index (χ0) is 42.0. The van der Waals surface area contributed by atoms with Gasteiger partial charge in [0.25, 0.3) is 0 Å². The van der Waals surface area contributed by atoms with Crippen molar-refractivity contribution >= 4 is 30.1 Å². The highest BCUT2D eigenvalue weighted by molar-refractivity contribution is 5.87. The summed E-state index contributed by atoms with van der Waals surface area (Å²) in [5.41, 5.74) is 0.848. The number of rotatable bonds is 16. The van der Waals surface area contributed by atoms with E-state index in [4.69, 9.17) is 37.9 Å². The van der Waals surface area contributed by atoms with E-state index in [1.165, 1.54) is 61.7 Å². The molecule has 0 amide bonds. The molecule has 9 N–H and O–H groups in total. The van der Waals surface area contributed by atoms with Crippen molar-refractivity contribution in [3.63, 3.8) is 0 Å². The molecule has 2 fully saturated rings. The number of benzene rings is 2. The van der Waals surface area contributed by atoms with Crippen LogP contribution in [0.25, 0.3) is 12.2 Å². The van der Waals surface area contributed by atoms with Gasteiger partial charge >= 0.3 is 17.9 Å². The molecule has 20 nitrogen and oxygen atoms in total. The minimum atomic E-state index is -2.15. The van der Waals surface area contributed by atoms with Gasteiger partial charge in [-0.2, -0.15) is 0 Å². The summed E-state index contributed by atoms with van der Waals surface area (Å²) >= 11 is 0. The van der Waals surface area contributed by atoms with E-state index < -0.39 is 110 Å². The highest BCUT2D eigenvalue weighted by Crippen LogP contribution is 2.40. The molecule has 20 heteroatoms. The Labute approximate surface area is 325 Å². The molecule has 11 atom stereocenters. The summed E-state index contributed by atoms with van der Waals surface area (Å²) in [5.74, 6) is -5.81. The summed E-state index contributed by atoms with van der Waals surface area (Å²) in [4.78, 5) is 37.3. The summed E-state index contributed by atoms with van der Waals surface area (Å²) in [6.45, 7) is 0.300. The number of carbonyl (C=O) groups excluding carboxylic acids is 3. The zero-order valence-electron chi connectivity index (χ0n) is 30.9. The van der Waals surface area contributed by atoms with Gasteiger partial charge in [0.15, 0.2) is 23.9 Å². The van der Waals surface area contributed by atoms with Crippen molar-refractivity contribution in [2.75, 3.05) is 26.9 Å². The summed E-state index contributed by atoms with van der Waals surface area (Å²) in [7, 11) is 1.25. The first-order valence-electron chi connectivity index (χ1n) is 17.4. The minimum absolute atomic E-state index is 0.0149. The van der Waals surface area contributed by atoms with Crippen LogP contribution in [0.5, 0.6) is 23.0 Å². The van der Waals surface area contributed by atoms with Gasteiger partial charge in [0.1, 0.15) is 61.5 Å². The van der Waals surface area contributed by atoms with Crippen LogP contribution in [0.2, 0.25) is 0 Å². The first kappa shape index (κ1) is 44.8. The topological polar surface area (TPSA) is 307 Å². The number of carbonyl (C=O) groups is 3. The second kappa shape index (κ2) is 20.0. The number of hydrogen-bond acceptors (Lipinski definition) is 20. The highest BCUT2D eigenvalue weighted by atomic mass is 16.8. The van der Waals surface area contributed by atoms with Gasteiger partial charge in [0.2, 0.25) is 17.8 Å². The van der Waals surface area contributed by atoms with E-state index in [2.05, 4.69) is 0 Å². The molecule has 314 valence electrons. The molecule has 2 aromatic carbocycles. The van der Waals surface area contributed by atoms with Crippen molar-refractivity contribution in [2.24, 2.45) is 0 Å². The van der Waals surface area contributed by atoms with E-state index in [-0.39, 0.29) is 23.9 Å². The number of aliphatic hydroxyl groups is 7. The van der Waals surface area contributed by atoms with Crippen molar-refractivity contribution in [2.45, 2.75) is 87.5 Å². The fourth-order valence-corrected chi connectivity index (χ4v) is 5.76. The largest absolute Gasteiger partial charge is 0.508 e. The molecule has 2 heterocycles. The predicted molar refractivity (Wildman–Crippen MR) is 190 cm³/mol. The molecule has 0 unspecified atom stereocenters. The molecule has 57 heavy (non-hydrogen) atoms. The van der Waals surface area contributed by atoms with Gasteiger partial charge < -0.3 is 83.9 Å². The number of aliphatic hydroxyl groups excluding tert-OH is 7. The summed E-state index contributed by atoms with van der Waals surface area (Å²) < 4.78 is 43.0. The normalized spacial score (nSPS) is 28.7. The standard InChI is InChI=1S/C37H46O20/c1-18(40)56-37(2,57-36-32(49)30(47)34(25(17-39)53-36)54-26(43)11-8-19-6-9-21(41)10-7-19)15-27(44)51-12-4-5-20-13-22(42)33(23(14-20)50-3)55-35-31(48)29(46)28(45)24(16-38)52-35/h4-11,13-14,24-25,28-32,34-36,38-39,41-42,45-49H,12,15-17H2,1-3H3/b5-4+,11-8-/t24-,25-,28-,29+,30-,31-,32-,34-,35+,36+,37-/m1/s1. The maximum absolute atomic E-state index is 12.9. The monoisotopic (exact) mass is 810 g/mol. The molecule has 2 aliphatic rings. The Kier molecular flexibility index (Phi) is 15.7. The van der Waals surface area contributed by atoms with Crippen molar-refractivity contribution < 1.29 is 98.2 Å². The maximum atomic E-state index is 12.9. The smallest absolute Gasteiger partial charge is 0.331 e. The number of phenols is 2. The van der Waals surface area contributed by atoms with Crippen LogP contribution >= 0.6 is 0 Å². The highest BCUT2D eigenvalue weighted by Gasteiger charge is 2.50. The number of hydrogen-bond donors (Lipinski definition) is 9. The lowest BCUT2D eigenvalue weighted by Gasteiger charge is -2.43. The molecule has 2 saturated heterocycles. The Bertz CT molecular complexity index is 1730. The fraction of sp³-hybridized carbons (Fsp3) is 0.486. The van der Waals surface area contributed by atoms with E-state index in [1.807, 2.05) is 0 Å². The lowest BCUT2D eigenvalue weighted by Crippen LogP contribution is -2.62. The quantitative estimate of drug-likeness (QED) is 0.0407. The third-order valence-corrected chi connectivity index (χ3v) is 8.58. The summed E-state index contributed by atoms with van der Waals surface area (Å²) in [6, 6.07) is 8.45. The first-order chi connectivity index (χ1) is 27.0. The molecular weight excluding hydrogens is 764 g/mol. The van der Waals surface area contributed by atoms with Crippen LogP contribution in [-0.2, 0) is 42.8 Å². The third-order valence-electron chi connectivity index (χ3n) is 8.58. The summed E-state index contributed by atoms with van der Waals surface area (Å²) in [5, 5.41) is 91.4. The molecular formula is C37H46O20. The molecule has 0 aromatic heterocycles. The lowest BCUT2D eigenvalue weighted by molar-refractivity contribution is -0.358. The van der Waals surface area contributed by atoms with Crippen LogP contribution in [0, 0.1) is 0 Å². The molecule has 0 spiro atoms. The Balaban J connectivity index is 1.35. The van der Waals surface area contributed by atoms with Crippen LogP contribution in [-0.4, -0.2) is 158 Å². The SMILES string of the molecule is COc1cc(/C=C/COC(=O)C[C@](C)(OC(C)=O)O[C@@H]2O[C@H](CO)[C@@H](OC(=O)/C=C\c3ccc(O)cc3)[C@H](O)[C@H]2O)cc(O)c1O[C@@H]1O[C@H](CO)[C@@H](O)[C@H](O)[C@H]1O. The summed E-state index contributed by atoms with van der Waals surface area (Å²) in [6.07, 6.45) is -12.2. The van der Waals surface area contributed by atoms with Crippen LogP contribution < -0.4 is 9.47 Å². The Morgan fingerprint density at radius 3 is 2.11 bits per heavy atom. The van der Waals surface area contributed by atoms with Gasteiger partial charge in [-0.05, 0) is 47.5 Å². The molecule has 2 aliphatic heterocycles. The number of methoxy groups -OCH3 is 1. The zero-order valence-corrected chi connectivity index (χ0v) is 30.9. The van der Waals surface area contributed by atoms with Crippen LogP contribution in [0.4, 0.5) is 0 Å². The third kappa shape index (κ3) is 11.8. The van der Waals surface area contributed by atoms with Gasteiger partial charge in [0.05, 0.1) is 20.3 Å². The van der Waals surface area contributed by atoms with Gasteiger partial charge in [-0.3, -0.25) is 9.59 Å². The molecule has 0 saturated carbocycles. The fourth-order valence-electron chi connectivity index (χ4n) is 5.76. The van der Waals surface area contributed by atoms with E-state index in [0.717, 1.165) is 19.9 Å². The van der Waals surface area contributed by atoms with Gasteiger partial charge in [-0.15, -0.1) is 0 Å². The minimum Gasteiger partial charge on any atom is -0.508 e. The second-order valence-electron chi connectivity index (χ2n) is 13.0. The van der Waals surface area contributed by atoms with Crippen molar-refractivity contribution in [1.29, 1.82) is 0 Å². The molecule has 0 radical (unpaired) electrons. The Morgan fingerprint density at radius 1 is 0.825 bits per heavy atom. The first-order valence-corrected chi connectivity index (χ1v) is 17.4. The molecule has 0 aliphatic carbocycles. The number of aromatic hydroxyl groups is 2. The second-order valence-corrected chi connectivity index (χ2v) is 13.0. The van der Waals surface area contributed by atoms with Gasteiger partial charge in [-0.25, -0.2) is 4.79 Å². The van der Waals surface area contributed by atoms with E-state index in [9.17, 15) is 60.3 Å². The average Bonchev–Trinajstić information content (AvgIpc) is 3.16. The Morgan fingerprint density at radius 2 is 1.47 bits per heavy atom. The predicted octanol–water partition coefficient (Wildman–Crippen LogP) is -1.41. The molecule has 2 aromatic rings. The molecule has 0 bridgehead atoms. The van der Waals surface area contributed by atoms with Gasteiger partial charge in [0, 0.05) is 19.9 Å². The van der Waals surface area contributed by atoms with Crippen LogP contribution in [0.1, 0.15) is 31.4 Å². The number of ether oxygens (including phenoxy) is 8. The van der Waals surface area contributed by atoms with Crippen LogP contribution in [0.15, 0.2) is 48.6 Å². The van der Waals surface area contributed by atoms with E-state index in [1.54, 1.807) is 0 Å². The number of phenolic OH excluding ortho intramolecular Hbond substituents is 2. The van der Waals surface area contributed by atoms with E-state index >= 15 is 0 Å². The van der Waals surface area contributed by atoms with Crippen molar-refractivity contribution in [1.82, 2.24) is 0 Å². The van der Waals surface area contributed by atoms with Crippen molar-refractivity contribution in [3.05, 3.63) is 59.7 Å². The number of esters is 3. The Hall–Kier alpha value is -4.87. The van der Waals surface area contributed by atoms with Gasteiger partial charge in [-0.1, -0.05) is 18.2 Å².